The van der Waals surface area contributed by atoms with E-state index < -0.39 is 0 Å². The smallest absolute Gasteiger partial charge is 0.317 e. The summed E-state index contributed by atoms with van der Waals surface area (Å²) >= 11 is 0. The summed E-state index contributed by atoms with van der Waals surface area (Å²) in [5.74, 6) is 0.448. The molecule has 3 atom stereocenters. The molecule has 1 aromatic carbocycles. The number of aromatic nitrogens is 1. The lowest BCUT2D eigenvalue weighted by molar-refractivity contribution is 0.124. The molecule has 2 heterocycles. The zero-order valence-electron chi connectivity index (χ0n) is 18.5. The van der Waals surface area contributed by atoms with Gasteiger partial charge in [0.25, 0.3) is 0 Å². The van der Waals surface area contributed by atoms with Crippen molar-refractivity contribution in [2.75, 3.05) is 40.8 Å². The minimum atomic E-state index is 0.0662. The van der Waals surface area contributed by atoms with Gasteiger partial charge < -0.3 is 25.0 Å². The molecule has 2 N–H and O–H groups in total. The number of fused-ring (bicyclic) bond motifs is 2. The molecule has 158 valence electrons. The lowest BCUT2D eigenvalue weighted by Gasteiger charge is -2.46. The Morgan fingerprint density at radius 2 is 2.03 bits per heavy atom. The number of rotatable bonds is 5. The Bertz CT molecular complexity index is 885. The summed E-state index contributed by atoms with van der Waals surface area (Å²) in [5.41, 5.74) is 5.50. The van der Waals surface area contributed by atoms with Crippen molar-refractivity contribution in [1.29, 1.82) is 0 Å². The molecule has 0 radical (unpaired) electrons. The van der Waals surface area contributed by atoms with Crippen LogP contribution in [0.5, 0.6) is 0 Å². The summed E-state index contributed by atoms with van der Waals surface area (Å²) in [7, 11) is 6.45. The molecular formula is C23H35N5O. The van der Waals surface area contributed by atoms with Gasteiger partial charge in [-0.25, -0.2) is 4.79 Å². The van der Waals surface area contributed by atoms with Crippen LogP contribution in [-0.2, 0) is 13.0 Å². The Balaban J connectivity index is 1.65. The van der Waals surface area contributed by atoms with Crippen molar-refractivity contribution in [3.63, 3.8) is 0 Å². The molecular weight excluding hydrogens is 362 g/mol. The van der Waals surface area contributed by atoms with Gasteiger partial charge in [0.05, 0.1) is 0 Å². The summed E-state index contributed by atoms with van der Waals surface area (Å²) in [4.78, 5) is 22.7. The number of nitrogens with zero attached hydrogens (tertiary/aromatic N) is 3. The fourth-order valence-electron chi connectivity index (χ4n) is 5.41. The van der Waals surface area contributed by atoms with Gasteiger partial charge in [0, 0.05) is 61.3 Å². The first-order valence-corrected chi connectivity index (χ1v) is 10.9. The van der Waals surface area contributed by atoms with Gasteiger partial charge in [0.1, 0.15) is 0 Å². The van der Waals surface area contributed by atoms with Gasteiger partial charge in [-0.3, -0.25) is 0 Å². The van der Waals surface area contributed by atoms with E-state index in [1.807, 2.05) is 18.7 Å². The molecule has 1 unspecified atom stereocenters. The number of likely N-dealkylation sites (tertiary alicyclic amines) is 1. The predicted octanol–water partition coefficient (Wildman–Crippen LogP) is 2.99. The standard InChI is InChI=1S/C23H35N5O/c1-6-28(7-2)23(29)25-17-11-18-19-8-15(13-26(3)4)9-20-22(19)16(12-24-20)10-21(18)27(5)14-17/h8-9,12,17-18,21,24H,6-7,10-11,13-14H2,1-5H3,(H,25,29)/t17-,18?,21+/m0/s1. The highest BCUT2D eigenvalue weighted by Gasteiger charge is 2.40. The first-order valence-electron chi connectivity index (χ1n) is 10.9. The molecule has 2 amide bonds. The van der Waals surface area contributed by atoms with E-state index in [9.17, 15) is 4.79 Å². The van der Waals surface area contributed by atoms with Crippen molar-refractivity contribution in [1.82, 2.24) is 25.0 Å². The Labute approximate surface area is 174 Å². The molecule has 1 aliphatic carbocycles. The third-order valence-corrected chi connectivity index (χ3v) is 6.73. The Hall–Kier alpha value is -2.05. The van der Waals surface area contributed by atoms with Gasteiger partial charge in [-0.05, 0) is 70.6 Å². The van der Waals surface area contributed by atoms with E-state index in [1.54, 1.807) is 0 Å². The fourth-order valence-corrected chi connectivity index (χ4v) is 5.41. The van der Waals surface area contributed by atoms with E-state index in [1.165, 1.54) is 27.6 Å². The summed E-state index contributed by atoms with van der Waals surface area (Å²) in [5, 5.41) is 4.72. The number of benzene rings is 1. The minimum Gasteiger partial charge on any atom is -0.361 e. The molecule has 1 fully saturated rings. The Morgan fingerprint density at radius 3 is 2.72 bits per heavy atom. The maximum absolute atomic E-state index is 12.6. The maximum Gasteiger partial charge on any atom is 0.317 e. The minimum absolute atomic E-state index is 0.0662. The number of amides is 2. The van der Waals surface area contributed by atoms with Gasteiger partial charge in [0.15, 0.2) is 0 Å². The monoisotopic (exact) mass is 397 g/mol. The van der Waals surface area contributed by atoms with Crippen LogP contribution in [-0.4, -0.2) is 78.6 Å². The predicted molar refractivity (Wildman–Crippen MR) is 118 cm³/mol. The lowest BCUT2D eigenvalue weighted by atomic mass is 9.73. The third kappa shape index (κ3) is 3.76. The van der Waals surface area contributed by atoms with Gasteiger partial charge in [-0.15, -0.1) is 0 Å². The highest BCUT2D eigenvalue weighted by atomic mass is 16.2. The molecule has 0 bridgehead atoms. The van der Waals surface area contributed by atoms with E-state index in [0.717, 1.165) is 39.0 Å². The average molecular weight is 398 g/mol. The number of piperidine rings is 1. The fraction of sp³-hybridized carbons (Fsp3) is 0.609. The number of carbonyl (C=O) groups is 1. The van der Waals surface area contributed by atoms with Crippen LogP contribution in [0.4, 0.5) is 4.79 Å². The van der Waals surface area contributed by atoms with Crippen molar-refractivity contribution in [2.45, 2.75) is 51.2 Å². The van der Waals surface area contributed by atoms with Crippen LogP contribution < -0.4 is 5.32 Å². The first kappa shape index (κ1) is 20.2. The molecule has 29 heavy (non-hydrogen) atoms. The Kier molecular flexibility index (Phi) is 5.58. The molecule has 6 heteroatoms. The lowest BCUT2D eigenvalue weighted by Crippen LogP contribution is -2.56. The molecule has 2 aliphatic rings. The number of urea groups is 1. The quantitative estimate of drug-likeness (QED) is 0.816. The highest BCUT2D eigenvalue weighted by molar-refractivity contribution is 5.89. The van der Waals surface area contributed by atoms with Crippen LogP contribution in [0.3, 0.4) is 0 Å². The van der Waals surface area contributed by atoms with Crippen molar-refractivity contribution in [2.24, 2.45) is 0 Å². The van der Waals surface area contributed by atoms with Gasteiger partial charge >= 0.3 is 6.03 Å². The zero-order valence-corrected chi connectivity index (χ0v) is 18.5. The molecule has 0 spiro atoms. The van der Waals surface area contributed by atoms with E-state index in [-0.39, 0.29) is 12.1 Å². The summed E-state index contributed by atoms with van der Waals surface area (Å²) < 4.78 is 0. The first-order chi connectivity index (χ1) is 13.9. The average Bonchev–Trinajstić information content (AvgIpc) is 3.07. The van der Waals surface area contributed by atoms with Crippen molar-refractivity contribution >= 4 is 16.9 Å². The number of hydrogen-bond acceptors (Lipinski definition) is 3. The largest absolute Gasteiger partial charge is 0.361 e. The molecule has 6 nitrogen and oxygen atoms in total. The number of hydrogen-bond donors (Lipinski definition) is 2. The molecule has 4 rings (SSSR count). The van der Waals surface area contributed by atoms with Crippen LogP contribution in [0.25, 0.3) is 10.9 Å². The van der Waals surface area contributed by atoms with E-state index >= 15 is 0 Å². The Morgan fingerprint density at radius 1 is 1.28 bits per heavy atom. The number of H-pyrrole nitrogens is 1. The SMILES string of the molecule is CCN(CC)C(=O)N[C@H]1CC2c3cc(CN(C)C)cc4[nH]cc(c34)C[C@H]2N(C)C1. The van der Waals surface area contributed by atoms with Crippen molar-refractivity contribution < 1.29 is 4.79 Å². The number of nitrogens with one attached hydrogen (secondary N) is 2. The molecule has 1 saturated heterocycles. The molecule has 0 saturated carbocycles. The molecule has 2 aromatic rings. The van der Waals surface area contributed by atoms with Crippen LogP contribution >= 0.6 is 0 Å². The van der Waals surface area contributed by atoms with Crippen molar-refractivity contribution in [3.8, 4) is 0 Å². The summed E-state index contributed by atoms with van der Waals surface area (Å²) in [6, 6.07) is 5.46. The molecule has 1 aliphatic heterocycles. The van der Waals surface area contributed by atoms with Crippen LogP contribution in [0.1, 0.15) is 42.9 Å². The summed E-state index contributed by atoms with van der Waals surface area (Å²) in [6.45, 7) is 7.41. The second-order valence-electron chi connectivity index (χ2n) is 9.03. The second-order valence-corrected chi connectivity index (χ2v) is 9.03. The third-order valence-electron chi connectivity index (χ3n) is 6.73. The normalized spacial score (nSPS) is 24.0. The summed E-state index contributed by atoms with van der Waals surface area (Å²) in [6.07, 6.45) is 4.29. The van der Waals surface area contributed by atoms with Crippen molar-refractivity contribution in [3.05, 3.63) is 35.0 Å². The van der Waals surface area contributed by atoms with E-state index in [2.05, 4.69) is 59.6 Å². The maximum atomic E-state index is 12.6. The van der Waals surface area contributed by atoms with Crippen LogP contribution in [0, 0.1) is 0 Å². The number of likely N-dealkylation sites (N-methyl/N-ethyl adjacent to an activating group) is 1. The van der Waals surface area contributed by atoms with Crippen LogP contribution in [0.2, 0.25) is 0 Å². The van der Waals surface area contributed by atoms with E-state index in [0.29, 0.717) is 12.0 Å². The van der Waals surface area contributed by atoms with E-state index in [4.69, 9.17) is 0 Å². The molecule has 1 aromatic heterocycles. The second kappa shape index (κ2) is 8.00. The number of aromatic amines is 1. The van der Waals surface area contributed by atoms with Gasteiger partial charge in [-0.1, -0.05) is 6.07 Å². The highest BCUT2D eigenvalue weighted by Crippen LogP contribution is 2.43. The topological polar surface area (TPSA) is 54.6 Å². The number of carbonyl (C=O) groups excluding carboxylic acids is 1. The van der Waals surface area contributed by atoms with Gasteiger partial charge in [-0.2, -0.15) is 0 Å². The van der Waals surface area contributed by atoms with Gasteiger partial charge in [0.2, 0.25) is 0 Å². The van der Waals surface area contributed by atoms with Crippen LogP contribution in [0.15, 0.2) is 18.3 Å². The zero-order chi connectivity index (χ0) is 20.7.